The molecule has 0 spiro atoms. The van der Waals surface area contributed by atoms with E-state index in [0.717, 1.165) is 4.90 Å². The average molecular weight is 358 g/mol. The molecule has 0 aliphatic carbocycles. The quantitative estimate of drug-likeness (QED) is 0.820. The van der Waals surface area contributed by atoms with E-state index in [2.05, 4.69) is 10.6 Å². The first-order chi connectivity index (χ1) is 12.0. The number of anilines is 2. The Labute approximate surface area is 149 Å². The minimum Gasteiger partial charge on any atom is -0.496 e. The lowest BCUT2D eigenvalue weighted by atomic mass is 10.1. The first-order valence-electron chi connectivity index (χ1n) is 7.66. The van der Waals surface area contributed by atoms with Crippen LogP contribution in [0, 0.1) is 0 Å². The molecule has 0 bridgehead atoms. The van der Waals surface area contributed by atoms with Gasteiger partial charge in [-0.25, -0.2) is 0 Å². The van der Waals surface area contributed by atoms with E-state index < -0.39 is 6.10 Å². The highest BCUT2D eigenvalue weighted by atomic mass is 32.2. The summed E-state index contributed by atoms with van der Waals surface area (Å²) >= 11 is 1.57. The van der Waals surface area contributed by atoms with E-state index in [-0.39, 0.29) is 11.8 Å². The normalized spacial score (nSPS) is 15.6. The number of fused-ring (bicyclic) bond motifs is 1. The lowest BCUT2D eigenvalue weighted by molar-refractivity contribution is -0.122. The fourth-order valence-electron chi connectivity index (χ4n) is 2.47. The van der Waals surface area contributed by atoms with Gasteiger partial charge in [0.15, 0.2) is 6.10 Å². The predicted octanol–water partition coefficient (Wildman–Crippen LogP) is 3.39. The molecule has 130 valence electrons. The van der Waals surface area contributed by atoms with Crippen molar-refractivity contribution in [2.24, 2.45) is 0 Å². The molecule has 0 aromatic heterocycles. The molecule has 0 radical (unpaired) electrons. The number of methoxy groups -OCH3 is 1. The molecule has 2 aromatic carbocycles. The largest absolute Gasteiger partial charge is 0.496 e. The SMILES string of the molecule is COc1cc(SC)ccc1C(=O)Nc1ccc2c(c1)NC(=O)[C@@H](C)O2. The highest BCUT2D eigenvalue weighted by Gasteiger charge is 2.24. The van der Waals surface area contributed by atoms with Gasteiger partial charge in [-0.05, 0) is 49.6 Å². The van der Waals surface area contributed by atoms with Gasteiger partial charge in [0.2, 0.25) is 0 Å². The number of hydrogen-bond donors (Lipinski definition) is 2. The van der Waals surface area contributed by atoms with Crippen molar-refractivity contribution >= 4 is 35.0 Å². The van der Waals surface area contributed by atoms with Crippen LogP contribution in [0.4, 0.5) is 11.4 Å². The van der Waals surface area contributed by atoms with Crippen LogP contribution in [0.1, 0.15) is 17.3 Å². The van der Waals surface area contributed by atoms with Gasteiger partial charge in [-0.2, -0.15) is 0 Å². The molecule has 1 atom stereocenters. The van der Waals surface area contributed by atoms with Gasteiger partial charge in [-0.15, -0.1) is 11.8 Å². The highest BCUT2D eigenvalue weighted by molar-refractivity contribution is 7.98. The number of carbonyl (C=O) groups is 2. The number of rotatable bonds is 4. The monoisotopic (exact) mass is 358 g/mol. The second kappa shape index (κ2) is 7.06. The van der Waals surface area contributed by atoms with Gasteiger partial charge in [0.25, 0.3) is 11.8 Å². The lowest BCUT2D eigenvalue weighted by Gasteiger charge is -2.23. The van der Waals surface area contributed by atoms with E-state index in [4.69, 9.17) is 9.47 Å². The van der Waals surface area contributed by atoms with Gasteiger partial charge >= 0.3 is 0 Å². The Balaban J connectivity index is 1.82. The number of nitrogens with one attached hydrogen (secondary N) is 2. The van der Waals surface area contributed by atoms with Crippen molar-refractivity contribution in [2.45, 2.75) is 17.9 Å². The summed E-state index contributed by atoms with van der Waals surface area (Å²) in [5.74, 6) is 0.575. The fourth-order valence-corrected chi connectivity index (χ4v) is 2.90. The van der Waals surface area contributed by atoms with Crippen LogP contribution in [0.5, 0.6) is 11.5 Å². The van der Waals surface area contributed by atoms with Crippen molar-refractivity contribution in [3.05, 3.63) is 42.0 Å². The minimum absolute atomic E-state index is 0.217. The Morgan fingerprint density at radius 3 is 2.80 bits per heavy atom. The summed E-state index contributed by atoms with van der Waals surface area (Å²) in [6.45, 7) is 1.68. The van der Waals surface area contributed by atoms with Gasteiger partial charge in [0, 0.05) is 10.6 Å². The molecule has 6 nitrogen and oxygen atoms in total. The summed E-state index contributed by atoms with van der Waals surface area (Å²) in [4.78, 5) is 25.3. The molecule has 1 aliphatic rings. The third kappa shape index (κ3) is 3.56. The van der Waals surface area contributed by atoms with Crippen molar-refractivity contribution in [2.75, 3.05) is 24.0 Å². The summed E-state index contributed by atoms with van der Waals surface area (Å²) in [6, 6.07) is 10.5. The number of thioether (sulfide) groups is 1. The van der Waals surface area contributed by atoms with Crippen LogP contribution in [0.2, 0.25) is 0 Å². The second-order valence-electron chi connectivity index (χ2n) is 5.48. The van der Waals surface area contributed by atoms with Crippen LogP contribution in [0.15, 0.2) is 41.3 Å². The van der Waals surface area contributed by atoms with Crippen molar-refractivity contribution in [3.8, 4) is 11.5 Å². The zero-order valence-corrected chi connectivity index (χ0v) is 14.9. The van der Waals surface area contributed by atoms with Crippen molar-refractivity contribution in [1.82, 2.24) is 0 Å². The van der Waals surface area contributed by atoms with Crippen molar-refractivity contribution in [1.29, 1.82) is 0 Å². The van der Waals surface area contributed by atoms with Gasteiger partial charge in [-0.1, -0.05) is 0 Å². The van der Waals surface area contributed by atoms with Gasteiger partial charge in [0.05, 0.1) is 18.4 Å². The zero-order chi connectivity index (χ0) is 18.0. The van der Waals surface area contributed by atoms with Gasteiger partial charge in [0.1, 0.15) is 11.5 Å². The second-order valence-corrected chi connectivity index (χ2v) is 6.36. The summed E-state index contributed by atoms with van der Waals surface area (Å²) in [5, 5.41) is 5.57. The van der Waals surface area contributed by atoms with Gasteiger partial charge < -0.3 is 20.1 Å². The topological polar surface area (TPSA) is 76.7 Å². The third-order valence-corrected chi connectivity index (χ3v) is 4.55. The molecule has 2 aromatic rings. The number of amides is 2. The standard InChI is InChI=1S/C18H18N2O4S/c1-10-17(21)20-14-8-11(4-7-15(14)24-10)19-18(22)13-6-5-12(25-3)9-16(13)23-2/h4-10H,1-3H3,(H,19,22)(H,20,21)/t10-/m1/s1. The van der Waals surface area contributed by atoms with Crippen LogP contribution < -0.4 is 20.1 Å². The number of benzene rings is 2. The predicted molar refractivity (Wildman–Crippen MR) is 97.9 cm³/mol. The molecule has 0 unspecified atom stereocenters. The van der Waals surface area contributed by atoms with E-state index in [1.807, 2.05) is 18.4 Å². The number of hydrogen-bond acceptors (Lipinski definition) is 5. The summed E-state index contributed by atoms with van der Waals surface area (Å²) in [6.07, 6.45) is 1.42. The highest BCUT2D eigenvalue weighted by Crippen LogP contribution is 2.33. The molecule has 25 heavy (non-hydrogen) atoms. The maximum absolute atomic E-state index is 12.6. The van der Waals surface area contributed by atoms with Crippen molar-refractivity contribution < 1.29 is 19.1 Å². The van der Waals surface area contributed by atoms with Crippen molar-refractivity contribution in [3.63, 3.8) is 0 Å². The Morgan fingerprint density at radius 1 is 1.28 bits per heavy atom. The molecule has 0 saturated heterocycles. The molecule has 1 aliphatic heterocycles. The molecule has 0 fully saturated rings. The average Bonchev–Trinajstić information content (AvgIpc) is 2.62. The van der Waals surface area contributed by atoms with Crippen LogP contribution in [0.3, 0.4) is 0 Å². The Morgan fingerprint density at radius 2 is 2.08 bits per heavy atom. The lowest BCUT2D eigenvalue weighted by Crippen LogP contribution is -2.34. The molecule has 2 amide bonds. The molecular weight excluding hydrogens is 340 g/mol. The molecule has 0 saturated carbocycles. The van der Waals surface area contributed by atoms with Crippen LogP contribution in [-0.4, -0.2) is 31.3 Å². The molecule has 2 N–H and O–H groups in total. The molecule has 1 heterocycles. The maximum atomic E-state index is 12.6. The van der Waals surface area contributed by atoms with Crippen LogP contribution in [-0.2, 0) is 4.79 Å². The van der Waals surface area contributed by atoms with E-state index in [1.54, 1.807) is 43.0 Å². The third-order valence-electron chi connectivity index (χ3n) is 3.82. The Bertz CT molecular complexity index is 838. The number of ether oxygens (including phenoxy) is 2. The molecule has 3 rings (SSSR count). The minimum atomic E-state index is -0.535. The zero-order valence-electron chi connectivity index (χ0n) is 14.1. The summed E-state index contributed by atoms with van der Waals surface area (Å²) in [5.41, 5.74) is 1.52. The Hall–Kier alpha value is -2.67. The summed E-state index contributed by atoms with van der Waals surface area (Å²) in [7, 11) is 1.53. The van der Waals surface area contributed by atoms with Crippen LogP contribution in [0.25, 0.3) is 0 Å². The van der Waals surface area contributed by atoms with E-state index in [1.165, 1.54) is 7.11 Å². The first-order valence-corrected chi connectivity index (χ1v) is 8.89. The molecule has 7 heteroatoms. The van der Waals surface area contributed by atoms with E-state index >= 15 is 0 Å². The molecular formula is C18H18N2O4S. The smallest absolute Gasteiger partial charge is 0.265 e. The number of carbonyl (C=O) groups excluding carboxylic acids is 2. The Kier molecular flexibility index (Phi) is 4.85. The maximum Gasteiger partial charge on any atom is 0.265 e. The van der Waals surface area contributed by atoms with Gasteiger partial charge in [-0.3, -0.25) is 9.59 Å². The summed E-state index contributed by atoms with van der Waals surface area (Å²) < 4.78 is 10.8. The fraction of sp³-hybridized carbons (Fsp3) is 0.222. The van der Waals surface area contributed by atoms with E-state index in [0.29, 0.717) is 28.4 Å². The van der Waals surface area contributed by atoms with E-state index in [9.17, 15) is 9.59 Å². The van der Waals surface area contributed by atoms with Crippen LogP contribution >= 0.6 is 11.8 Å². The first kappa shape index (κ1) is 17.2.